The molecule has 94 valence electrons. The van der Waals surface area contributed by atoms with Gasteiger partial charge in [-0.05, 0) is 19.4 Å². The lowest BCUT2D eigenvalue weighted by Gasteiger charge is -2.12. The van der Waals surface area contributed by atoms with Crippen molar-refractivity contribution in [3.8, 4) is 5.75 Å². The number of pyridine rings is 1. The third kappa shape index (κ3) is 4.95. The van der Waals surface area contributed by atoms with Crippen LogP contribution in [0.25, 0.3) is 0 Å². The summed E-state index contributed by atoms with van der Waals surface area (Å²) in [4.78, 5) is 15.4. The molecule has 2 unspecified atom stereocenters. The molecule has 2 N–H and O–H groups in total. The molecule has 0 spiro atoms. The zero-order valence-electron chi connectivity index (χ0n) is 9.84. The van der Waals surface area contributed by atoms with Crippen molar-refractivity contribution < 1.29 is 14.1 Å². The normalized spacial score (nSPS) is 14.0. The molecule has 0 aromatic carbocycles. The molecule has 6 heteroatoms. The Labute approximate surface area is 103 Å². The summed E-state index contributed by atoms with van der Waals surface area (Å²) in [5.41, 5.74) is 0.314. The summed E-state index contributed by atoms with van der Waals surface area (Å²) < 4.78 is 10.9. The van der Waals surface area contributed by atoms with Gasteiger partial charge < -0.3 is 10.4 Å². The third-order valence-corrected chi connectivity index (χ3v) is 3.01. The Morgan fingerprint density at radius 3 is 2.88 bits per heavy atom. The van der Waals surface area contributed by atoms with Gasteiger partial charge in [0.1, 0.15) is 5.75 Å². The number of rotatable bonds is 5. The van der Waals surface area contributed by atoms with Crippen LogP contribution in [-0.4, -0.2) is 38.3 Å². The molecule has 0 aliphatic rings. The summed E-state index contributed by atoms with van der Waals surface area (Å²) in [7, 11) is -0.853. The molecular formula is C11H16N2O3S. The summed E-state index contributed by atoms with van der Waals surface area (Å²) in [6, 6.07) is 1.29. The average Bonchev–Trinajstić information content (AvgIpc) is 2.26. The largest absolute Gasteiger partial charge is 0.506 e. The van der Waals surface area contributed by atoms with Crippen molar-refractivity contribution >= 4 is 16.7 Å². The third-order valence-electron chi connectivity index (χ3n) is 2.20. The maximum absolute atomic E-state index is 11.7. The lowest BCUT2D eigenvalue weighted by atomic mass is 10.2. The molecule has 0 fully saturated rings. The summed E-state index contributed by atoms with van der Waals surface area (Å²) in [5.74, 6) is 0.225. The molecular weight excluding hydrogens is 240 g/mol. The predicted octanol–water partition coefficient (Wildman–Crippen LogP) is 0.674. The van der Waals surface area contributed by atoms with Crippen LogP contribution in [0.5, 0.6) is 5.75 Å². The van der Waals surface area contributed by atoms with Crippen molar-refractivity contribution in [2.24, 2.45) is 0 Å². The van der Waals surface area contributed by atoms with E-state index in [0.29, 0.717) is 17.7 Å². The van der Waals surface area contributed by atoms with Gasteiger partial charge in [-0.3, -0.25) is 14.0 Å². The highest BCUT2D eigenvalue weighted by Gasteiger charge is 2.10. The zero-order chi connectivity index (χ0) is 12.8. The summed E-state index contributed by atoms with van der Waals surface area (Å²) in [5, 5.41) is 11.9. The van der Waals surface area contributed by atoms with Gasteiger partial charge in [0.2, 0.25) is 0 Å². The molecule has 17 heavy (non-hydrogen) atoms. The van der Waals surface area contributed by atoms with Gasteiger partial charge in [0.15, 0.2) is 0 Å². The Kier molecular flexibility index (Phi) is 5.09. The topological polar surface area (TPSA) is 79.3 Å². The van der Waals surface area contributed by atoms with Crippen LogP contribution in [0.15, 0.2) is 18.5 Å². The second-order valence-electron chi connectivity index (χ2n) is 3.87. The van der Waals surface area contributed by atoms with E-state index >= 15 is 0 Å². The fraction of sp³-hybridized carbons (Fsp3) is 0.455. The Morgan fingerprint density at radius 2 is 2.29 bits per heavy atom. The Balaban J connectivity index is 2.51. The van der Waals surface area contributed by atoms with E-state index in [1.807, 2.05) is 6.92 Å². The van der Waals surface area contributed by atoms with Gasteiger partial charge in [0.25, 0.3) is 5.91 Å². The highest BCUT2D eigenvalue weighted by atomic mass is 32.2. The second-order valence-corrected chi connectivity index (χ2v) is 5.43. The lowest BCUT2D eigenvalue weighted by Crippen LogP contribution is -2.33. The molecule has 1 rings (SSSR count). The highest BCUT2D eigenvalue weighted by Crippen LogP contribution is 2.08. The average molecular weight is 256 g/mol. The minimum absolute atomic E-state index is 0.0417. The highest BCUT2D eigenvalue weighted by molar-refractivity contribution is 7.84. The lowest BCUT2D eigenvalue weighted by molar-refractivity contribution is 0.0938. The summed E-state index contributed by atoms with van der Waals surface area (Å²) >= 11 is 0. The number of nitrogens with one attached hydrogen (secondary N) is 1. The maximum Gasteiger partial charge on any atom is 0.253 e. The van der Waals surface area contributed by atoms with Crippen LogP contribution >= 0.6 is 0 Å². The van der Waals surface area contributed by atoms with Crippen LogP contribution in [0.4, 0.5) is 0 Å². The van der Waals surface area contributed by atoms with Crippen LogP contribution < -0.4 is 5.32 Å². The van der Waals surface area contributed by atoms with E-state index in [2.05, 4.69) is 10.3 Å². The first-order valence-corrected chi connectivity index (χ1v) is 6.96. The molecule has 1 aromatic rings. The van der Waals surface area contributed by atoms with Crippen molar-refractivity contribution in [2.45, 2.75) is 19.4 Å². The molecule has 0 saturated heterocycles. The van der Waals surface area contributed by atoms with Gasteiger partial charge in [0.05, 0.1) is 11.8 Å². The number of hydrogen-bond acceptors (Lipinski definition) is 4. The fourth-order valence-electron chi connectivity index (χ4n) is 1.27. The summed E-state index contributed by atoms with van der Waals surface area (Å²) in [6.45, 7) is 1.85. The van der Waals surface area contributed by atoms with Crippen LogP contribution in [0, 0.1) is 0 Å². The van der Waals surface area contributed by atoms with E-state index in [0.717, 1.165) is 0 Å². The van der Waals surface area contributed by atoms with Crippen LogP contribution in [0.1, 0.15) is 23.7 Å². The standard InChI is InChI=1S/C11H16N2O3S/c1-8(3-4-17(2)16)13-11(15)9-5-10(14)7-12-6-9/h5-8,14H,3-4H2,1-2H3,(H,13,15). The minimum Gasteiger partial charge on any atom is -0.506 e. The molecule has 0 radical (unpaired) electrons. The van der Waals surface area contributed by atoms with Crippen molar-refractivity contribution in [3.63, 3.8) is 0 Å². The number of aromatic hydroxyl groups is 1. The fourth-order valence-corrected chi connectivity index (χ4v) is 1.96. The van der Waals surface area contributed by atoms with E-state index in [1.54, 1.807) is 6.26 Å². The first-order valence-electron chi connectivity index (χ1n) is 5.24. The summed E-state index contributed by atoms with van der Waals surface area (Å²) in [6.07, 6.45) is 4.94. The maximum atomic E-state index is 11.7. The molecule has 5 nitrogen and oxygen atoms in total. The monoisotopic (exact) mass is 256 g/mol. The molecule has 2 atom stereocenters. The van der Waals surface area contributed by atoms with Gasteiger partial charge in [-0.15, -0.1) is 0 Å². The number of carbonyl (C=O) groups is 1. The van der Waals surface area contributed by atoms with E-state index in [1.165, 1.54) is 18.5 Å². The zero-order valence-corrected chi connectivity index (χ0v) is 10.7. The number of amides is 1. The van der Waals surface area contributed by atoms with Gasteiger partial charge in [-0.25, -0.2) is 0 Å². The second kappa shape index (κ2) is 6.34. The van der Waals surface area contributed by atoms with Crippen LogP contribution in [0.2, 0.25) is 0 Å². The van der Waals surface area contributed by atoms with E-state index in [-0.39, 0.29) is 17.7 Å². The number of nitrogens with zero attached hydrogens (tertiary/aromatic N) is 1. The van der Waals surface area contributed by atoms with Gasteiger partial charge >= 0.3 is 0 Å². The Hall–Kier alpha value is -1.43. The Bertz CT molecular complexity index is 423. The SMILES string of the molecule is CC(CCS(C)=O)NC(=O)c1cncc(O)c1. The minimum atomic E-state index is -0.853. The number of hydrogen-bond donors (Lipinski definition) is 2. The van der Waals surface area contributed by atoms with Crippen molar-refractivity contribution in [3.05, 3.63) is 24.0 Å². The molecule has 0 bridgehead atoms. The number of carbonyl (C=O) groups excluding carboxylic acids is 1. The predicted molar refractivity (Wildman–Crippen MR) is 66.4 cm³/mol. The number of aromatic nitrogens is 1. The molecule has 1 heterocycles. The molecule has 0 saturated carbocycles. The van der Waals surface area contributed by atoms with Crippen molar-refractivity contribution in [1.82, 2.24) is 10.3 Å². The van der Waals surface area contributed by atoms with Gasteiger partial charge in [0, 0.05) is 35.0 Å². The van der Waals surface area contributed by atoms with Crippen LogP contribution in [0.3, 0.4) is 0 Å². The van der Waals surface area contributed by atoms with E-state index < -0.39 is 10.8 Å². The first-order chi connectivity index (χ1) is 7.99. The van der Waals surface area contributed by atoms with Gasteiger partial charge in [-0.1, -0.05) is 0 Å². The van der Waals surface area contributed by atoms with Gasteiger partial charge in [-0.2, -0.15) is 0 Å². The quantitative estimate of drug-likeness (QED) is 0.811. The van der Waals surface area contributed by atoms with Crippen LogP contribution in [-0.2, 0) is 10.8 Å². The van der Waals surface area contributed by atoms with E-state index in [4.69, 9.17) is 0 Å². The molecule has 1 amide bonds. The first kappa shape index (κ1) is 13.6. The molecule has 0 aliphatic carbocycles. The molecule has 1 aromatic heterocycles. The Morgan fingerprint density at radius 1 is 1.59 bits per heavy atom. The smallest absolute Gasteiger partial charge is 0.253 e. The van der Waals surface area contributed by atoms with Crippen molar-refractivity contribution in [1.29, 1.82) is 0 Å². The van der Waals surface area contributed by atoms with E-state index in [9.17, 15) is 14.1 Å². The van der Waals surface area contributed by atoms with Crippen molar-refractivity contribution in [2.75, 3.05) is 12.0 Å². The molecule has 0 aliphatic heterocycles.